The fourth-order valence-electron chi connectivity index (χ4n) is 2.64. The Morgan fingerprint density at radius 2 is 1.79 bits per heavy atom. The van der Waals surface area contributed by atoms with E-state index in [1.807, 2.05) is 32.9 Å². The first-order valence-electron chi connectivity index (χ1n) is 9.51. The van der Waals surface area contributed by atoms with Crippen molar-refractivity contribution >= 4 is 40.5 Å². The van der Waals surface area contributed by atoms with Crippen LogP contribution in [0, 0.1) is 13.8 Å². The molecule has 0 spiro atoms. The Morgan fingerprint density at radius 1 is 1.03 bits per heavy atom. The van der Waals surface area contributed by atoms with Crippen molar-refractivity contribution in [1.29, 1.82) is 0 Å². The molecule has 0 atom stereocenters. The van der Waals surface area contributed by atoms with E-state index in [0.717, 1.165) is 24.0 Å². The Morgan fingerprint density at radius 3 is 2.45 bits per heavy atom. The highest BCUT2D eigenvalue weighted by molar-refractivity contribution is 7.80. The Kier molecular flexibility index (Phi) is 8.15. The molecule has 2 amide bonds. The molecular weight excluding hydrogens is 386 g/mol. The molecule has 0 heterocycles. The van der Waals surface area contributed by atoms with Crippen LogP contribution in [0.25, 0.3) is 0 Å². The van der Waals surface area contributed by atoms with Gasteiger partial charge in [0, 0.05) is 23.7 Å². The SMILES string of the molecule is CCCCC(=O)Nc1ccc(NC(=S)NC(=O)c2ccc(C)c(C)c2)cc1OC. The van der Waals surface area contributed by atoms with Crippen LogP contribution in [0.5, 0.6) is 5.75 Å². The number of carbonyl (C=O) groups is 2. The highest BCUT2D eigenvalue weighted by Crippen LogP contribution is 2.28. The number of rotatable bonds is 7. The second-order valence-corrected chi connectivity index (χ2v) is 7.18. The predicted molar refractivity (Wildman–Crippen MR) is 121 cm³/mol. The molecule has 0 saturated carbocycles. The molecule has 2 aromatic rings. The van der Waals surface area contributed by atoms with Crippen LogP contribution in [0.15, 0.2) is 36.4 Å². The molecule has 3 N–H and O–H groups in total. The number of hydrogen-bond donors (Lipinski definition) is 3. The number of nitrogens with one attached hydrogen (secondary N) is 3. The van der Waals surface area contributed by atoms with Gasteiger partial charge in [-0.15, -0.1) is 0 Å². The zero-order chi connectivity index (χ0) is 21.4. The molecule has 0 aliphatic heterocycles. The monoisotopic (exact) mass is 413 g/mol. The molecule has 0 bridgehead atoms. The predicted octanol–water partition coefficient (Wildman–Crippen LogP) is 4.57. The van der Waals surface area contributed by atoms with Gasteiger partial charge in [-0.05, 0) is 67.9 Å². The number of carbonyl (C=O) groups excluding carboxylic acids is 2. The van der Waals surface area contributed by atoms with Gasteiger partial charge in [0.25, 0.3) is 5.91 Å². The van der Waals surface area contributed by atoms with Gasteiger partial charge < -0.3 is 15.4 Å². The summed E-state index contributed by atoms with van der Waals surface area (Å²) in [4.78, 5) is 24.3. The minimum absolute atomic E-state index is 0.0537. The normalized spacial score (nSPS) is 10.2. The molecule has 2 aromatic carbocycles. The van der Waals surface area contributed by atoms with E-state index < -0.39 is 0 Å². The zero-order valence-corrected chi connectivity index (χ0v) is 18.0. The highest BCUT2D eigenvalue weighted by atomic mass is 32.1. The molecular formula is C22H27N3O3S. The van der Waals surface area contributed by atoms with Crippen LogP contribution in [-0.4, -0.2) is 24.0 Å². The van der Waals surface area contributed by atoms with E-state index in [1.54, 1.807) is 24.3 Å². The molecule has 6 nitrogen and oxygen atoms in total. The second kappa shape index (κ2) is 10.6. The third-order valence-corrected chi connectivity index (χ3v) is 4.69. The van der Waals surface area contributed by atoms with Crippen LogP contribution in [0.2, 0.25) is 0 Å². The molecule has 154 valence electrons. The summed E-state index contributed by atoms with van der Waals surface area (Å²) in [6, 6.07) is 10.7. The molecule has 0 unspecified atom stereocenters. The summed E-state index contributed by atoms with van der Waals surface area (Å²) in [5, 5.41) is 8.66. The lowest BCUT2D eigenvalue weighted by atomic mass is 10.1. The van der Waals surface area contributed by atoms with Crippen molar-refractivity contribution in [2.75, 3.05) is 17.7 Å². The summed E-state index contributed by atoms with van der Waals surface area (Å²) in [6.07, 6.45) is 2.26. The van der Waals surface area contributed by atoms with E-state index in [9.17, 15) is 9.59 Å². The zero-order valence-electron chi connectivity index (χ0n) is 17.2. The minimum atomic E-state index is -0.280. The number of thiocarbonyl (C=S) groups is 1. The summed E-state index contributed by atoms with van der Waals surface area (Å²) in [5.74, 6) is 0.169. The molecule has 0 aliphatic carbocycles. The Balaban J connectivity index is 2.01. The summed E-state index contributed by atoms with van der Waals surface area (Å²) in [5.41, 5.74) is 3.93. The van der Waals surface area contributed by atoms with Crippen LogP contribution in [-0.2, 0) is 4.79 Å². The quantitative estimate of drug-likeness (QED) is 0.580. The fourth-order valence-corrected chi connectivity index (χ4v) is 2.85. The first-order chi connectivity index (χ1) is 13.8. The van der Waals surface area contributed by atoms with Crippen molar-refractivity contribution < 1.29 is 14.3 Å². The van der Waals surface area contributed by atoms with Crippen molar-refractivity contribution in [2.45, 2.75) is 40.0 Å². The lowest BCUT2D eigenvalue weighted by molar-refractivity contribution is -0.116. The van der Waals surface area contributed by atoms with Crippen molar-refractivity contribution in [3.05, 3.63) is 53.1 Å². The van der Waals surface area contributed by atoms with Crippen LogP contribution in [0.1, 0.15) is 47.7 Å². The van der Waals surface area contributed by atoms with Gasteiger partial charge in [-0.3, -0.25) is 14.9 Å². The van der Waals surface area contributed by atoms with Gasteiger partial charge in [-0.25, -0.2) is 0 Å². The number of amides is 2. The molecule has 7 heteroatoms. The maximum Gasteiger partial charge on any atom is 0.257 e. The van der Waals surface area contributed by atoms with Gasteiger partial charge in [-0.1, -0.05) is 19.4 Å². The molecule has 0 radical (unpaired) electrons. The molecule has 2 rings (SSSR count). The van der Waals surface area contributed by atoms with E-state index in [2.05, 4.69) is 16.0 Å². The standard InChI is InChI=1S/C22H27N3O3S/c1-5-6-7-20(26)24-18-11-10-17(13-19(18)28-4)23-22(29)25-21(27)16-9-8-14(2)15(3)12-16/h8-13H,5-7H2,1-4H3,(H,24,26)(H2,23,25,27,29). The van der Waals surface area contributed by atoms with E-state index in [4.69, 9.17) is 17.0 Å². The average molecular weight is 414 g/mol. The number of ether oxygens (including phenoxy) is 1. The number of hydrogen-bond acceptors (Lipinski definition) is 4. The van der Waals surface area contributed by atoms with Crippen LogP contribution in [0.3, 0.4) is 0 Å². The number of aryl methyl sites for hydroxylation is 2. The summed E-state index contributed by atoms with van der Waals surface area (Å²) < 4.78 is 5.36. The molecule has 0 fully saturated rings. The first kappa shape index (κ1) is 22.4. The molecule has 0 aromatic heterocycles. The third kappa shape index (κ3) is 6.57. The van der Waals surface area contributed by atoms with Gasteiger partial charge in [0.05, 0.1) is 12.8 Å². The highest BCUT2D eigenvalue weighted by Gasteiger charge is 2.11. The fraction of sp³-hybridized carbons (Fsp3) is 0.318. The lowest BCUT2D eigenvalue weighted by Gasteiger charge is -2.14. The van der Waals surface area contributed by atoms with Crippen molar-refractivity contribution in [1.82, 2.24) is 5.32 Å². The largest absolute Gasteiger partial charge is 0.494 e. The topological polar surface area (TPSA) is 79.5 Å². The Bertz CT molecular complexity index is 912. The van der Waals surface area contributed by atoms with Gasteiger partial charge >= 0.3 is 0 Å². The number of methoxy groups -OCH3 is 1. The number of unbranched alkanes of at least 4 members (excludes halogenated alkanes) is 1. The Labute approximate surface area is 177 Å². The van der Waals surface area contributed by atoms with Crippen molar-refractivity contribution in [3.8, 4) is 5.75 Å². The smallest absolute Gasteiger partial charge is 0.257 e. The maximum absolute atomic E-state index is 12.4. The molecule has 0 saturated heterocycles. The maximum atomic E-state index is 12.4. The van der Waals surface area contributed by atoms with Gasteiger partial charge in [0.1, 0.15) is 5.75 Å². The number of benzene rings is 2. The third-order valence-electron chi connectivity index (χ3n) is 4.49. The van der Waals surface area contributed by atoms with Crippen molar-refractivity contribution in [3.63, 3.8) is 0 Å². The van der Waals surface area contributed by atoms with Gasteiger partial charge in [0.15, 0.2) is 5.11 Å². The number of anilines is 2. The summed E-state index contributed by atoms with van der Waals surface area (Å²) >= 11 is 5.25. The minimum Gasteiger partial charge on any atom is -0.494 e. The van der Waals surface area contributed by atoms with E-state index >= 15 is 0 Å². The van der Waals surface area contributed by atoms with Crippen molar-refractivity contribution in [2.24, 2.45) is 0 Å². The lowest BCUT2D eigenvalue weighted by Crippen LogP contribution is -2.34. The molecule has 0 aliphatic rings. The van der Waals surface area contributed by atoms with E-state index in [0.29, 0.717) is 29.1 Å². The Hall–Kier alpha value is -2.93. The summed E-state index contributed by atoms with van der Waals surface area (Å²) in [6.45, 7) is 5.99. The van der Waals surface area contributed by atoms with E-state index in [1.165, 1.54) is 7.11 Å². The van der Waals surface area contributed by atoms with Crippen LogP contribution in [0.4, 0.5) is 11.4 Å². The molecule has 29 heavy (non-hydrogen) atoms. The van der Waals surface area contributed by atoms with Crippen LogP contribution >= 0.6 is 12.2 Å². The first-order valence-corrected chi connectivity index (χ1v) is 9.92. The van der Waals surface area contributed by atoms with Gasteiger partial charge in [0.2, 0.25) is 5.91 Å². The van der Waals surface area contributed by atoms with Gasteiger partial charge in [-0.2, -0.15) is 0 Å². The van der Waals surface area contributed by atoms with E-state index in [-0.39, 0.29) is 16.9 Å². The van der Waals surface area contributed by atoms with Crippen LogP contribution < -0.4 is 20.7 Å². The second-order valence-electron chi connectivity index (χ2n) is 6.77. The summed E-state index contributed by atoms with van der Waals surface area (Å²) in [7, 11) is 1.53. The average Bonchev–Trinajstić information content (AvgIpc) is 2.69.